The van der Waals surface area contributed by atoms with Crippen molar-refractivity contribution in [3.05, 3.63) is 18.7 Å². The first-order chi connectivity index (χ1) is 8.75. The molecule has 1 unspecified atom stereocenters. The number of carbonyl (C=O) groups excluding carboxylic acids is 1. The highest BCUT2D eigenvalue weighted by Gasteiger charge is 2.16. The molecule has 18 heavy (non-hydrogen) atoms. The van der Waals surface area contributed by atoms with Crippen LogP contribution in [0.1, 0.15) is 32.6 Å². The molecule has 5 nitrogen and oxygen atoms in total. The second-order valence-corrected chi connectivity index (χ2v) is 5.01. The molecular weight excluding hydrogens is 228 g/mol. The SMILES string of the molecule is CC(Cn1ccnc1)NC(=O)N1CCCCCC1. The lowest BCUT2D eigenvalue weighted by atomic mass is 10.2. The summed E-state index contributed by atoms with van der Waals surface area (Å²) in [6, 6.07) is 0.194. The van der Waals surface area contributed by atoms with Gasteiger partial charge in [0, 0.05) is 38.1 Å². The molecule has 1 aliphatic heterocycles. The van der Waals surface area contributed by atoms with Crippen molar-refractivity contribution in [2.75, 3.05) is 13.1 Å². The van der Waals surface area contributed by atoms with Gasteiger partial charge in [-0.15, -0.1) is 0 Å². The van der Waals surface area contributed by atoms with Crippen LogP contribution in [-0.4, -0.2) is 39.6 Å². The first-order valence-corrected chi connectivity index (χ1v) is 6.77. The maximum absolute atomic E-state index is 12.1. The third-order valence-electron chi connectivity index (χ3n) is 3.31. The summed E-state index contributed by atoms with van der Waals surface area (Å²) >= 11 is 0. The van der Waals surface area contributed by atoms with Crippen LogP contribution in [0.15, 0.2) is 18.7 Å². The zero-order valence-corrected chi connectivity index (χ0v) is 11.0. The summed E-state index contributed by atoms with van der Waals surface area (Å²) in [5.41, 5.74) is 0. The van der Waals surface area contributed by atoms with E-state index < -0.39 is 0 Å². The summed E-state index contributed by atoms with van der Waals surface area (Å²) in [6.07, 6.45) is 10.2. The molecule has 2 heterocycles. The third-order valence-corrected chi connectivity index (χ3v) is 3.31. The monoisotopic (exact) mass is 250 g/mol. The number of hydrogen-bond acceptors (Lipinski definition) is 2. The second kappa shape index (κ2) is 6.42. The molecule has 0 aromatic carbocycles. The van der Waals surface area contributed by atoms with Gasteiger partial charge in [0.2, 0.25) is 0 Å². The molecule has 0 spiro atoms. The van der Waals surface area contributed by atoms with Gasteiger partial charge in [-0.1, -0.05) is 12.8 Å². The minimum absolute atomic E-state index is 0.0736. The predicted octanol–water partition coefficient (Wildman–Crippen LogP) is 1.86. The Morgan fingerprint density at radius 2 is 2.06 bits per heavy atom. The fraction of sp³-hybridized carbons (Fsp3) is 0.692. The van der Waals surface area contributed by atoms with Gasteiger partial charge in [-0.2, -0.15) is 0 Å². The van der Waals surface area contributed by atoms with Crippen molar-refractivity contribution in [1.82, 2.24) is 19.8 Å². The minimum atomic E-state index is 0.0736. The van der Waals surface area contributed by atoms with Crippen LogP contribution in [0.4, 0.5) is 4.79 Å². The minimum Gasteiger partial charge on any atom is -0.335 e. The molecule has 1 atom stereocenters. The zero-order valence-electron chi connectivity index (χ0n) is 11.0. The largest absolute Gasteiger partial charge is 0.335 e. The van der Waals surface area contributed by atoms with Gasteiger partial charge in [-0.25, -0.2) is 9.78 Å². The molecule has 0 bridgehead atoms. The second-order valence-electron chi connectivity index (χ2n) is 5.01. The zero-order chi connectivity index (χ0) is 12.8. The number of amides is 2. The Morgan fingerprint density at radius 3 is 2.67 bits per heavy atom. The molecule has 1 aliphatic rings. The number of aromatic nitrogens is 2. The lowest BCUT2D eigenvalue weighted by molar-refractivity contribution is 0.195. The van der Waals surface area contributed by atoms with Crippen LogP contribution in [-0.2, 0) is 6.54 Å². The van der Waals surface area contributed by atoms with Crippen LogP contribution in [0, 0.1) is 0 Å². The maximum Gasteiger partial charge on any atom is 0.317 e. The molecular formula is C13H22N4O. The van der Waals surface area contributed by atoms with Crippen molar-refractivity contribution in [2.24, 2.45) is 0 Å². The number of nitrogens with one attached hydrogen (secondary N) is 1. The highest BCUT2D eigenvalue weighted by atomic mass is 16.2. The van der Waals surface area contributed by atoms with E-state index in [1.165, 1.54) is 12.8 Å². The van der Waals surface area contributed by atoms with Crippen molar-refractivity contribution in [1.29, 1.82) is 0 Å². The molecule has 5 heteroatoms. The molecule has 100 valence electrons. The molecule has 2 rings (SSSR count). The Bertz CT molecular complexity index is 355. The molecule has 1 N–H and O–H groups in total. The summed E-state index contributed by atoms with van der Waals surface area (Å²) in [5.74, 6) is 0. The van der Waals surface area contributed by atoms with Gasteiger partial charge in [0.25, 0.3) is 0 Å². The van der Waals surface area contributed by atoms with Gasteiger partial charge in [0.15, 0.2) is 0 Å². The first kappa shape index (κ1) is 12.9. The molecule has 1 saturated heterocycles. The molecule has 0 radical (unpaired) electrons. The summed E-state index contributed by atoms with van der Waals surface area (Å²) in [6.45, 7) is 4.57. The predicted molar refractivity (Wildman–Crippen MR) is 70.3 cm³/mol. The van der Waals surface area contributed by atoms with Crippen molar-refractivity contribution < 1.29 is 4.79 Å². The summed E-state index contributed by atoms with van der Waals surface area (Å²) < 4.78 is 1.98. The number of urea groups is 1. The van der Waals surface area contributed by atoms with Gasteiger partial charge in [0.1, 0.15) is 0 Å². The number of likely N-dealkylation sites (tertiary alicyclic amines) is 1. The first-order valence-electron chi connectivity index (χ1n) is 6.77. The maximum atomic E-state index is 12.1. The van der Waals surface area contributed by atoms with Crippen LogP contribution in [0.3, 0.4) is 0 Å². The normalized spacial score (nSPS) is 18.2. The van der Waals surface area contributed by atoms with E-state index in [1.54, 1.807) is 12.5 Å². The van der Waals surface area contributed by atoms with Crippen molar-refractivity contribution in [3.63, 3.8) is 0 Å². The van der Waals surface area contributed by atoms with Crippen molar-refractivity contribution in [2.45, 2.75) is 45.2 Å². The molecule has 2 amide bonds. The molecule has 1 fully saturated rings. The van der Waals surface area contributed by atoms with Gasteiger partial charge in [0.05, 0.1) is 6.33 Å². The summed E-state index contributed by atoms with van der Waals surface area (Å²) in [4.78, 5) is 18.0. The molecule has 0 aliphatic carbocycles. The lowest BCUT2D eigenvalue weighted by Crippen LogP contribution is -2.45. The Hall–Kier alpha value is -1.52. The van der Waals surface area contributed by atoms with E-state index in [2.05, 4.69) is 10.3 Å². The molecule has 1 aromatic rings. The standard InChI is InChI=1S/C13H22N4O/c1-12(10-16-9-6-14-11-16)15-13(18)17-7-4-2-3-5-8-17/h6,9,11-12H,2-5,7-8,10H2,1H3,(H,15,18). The molecule has 1 aromatic heterocycles. The van der Waals surface area contributed by atoms with Crippen molar-refractivity contribution >= 4 is 6.03 Å². The Labute approximate surface area is 108 Å². The van der Waals surface area contributed by atoms with Crippen LogP contribution in [0.25, 0.3) is 0 Å². The number of imidazole rings is 1. The van der Waals surface area contributed by atoms with E-state index in [-0.39, 0.29) is 12.1 Å². The van der Waals surface area contributed by atoms with Crippen LogP contribution in [0.2, 0.25) is 0 Å². The Morgan fingerprint density at radius 1 is 1.33 bits per heavy atom. The third kappa shape index (κ3) is 3.75. The number of rotatable bonds is 3. The van der Waals surface area contributed by atoms with Gasteiger partial charge in [-0.3, -0.25) is 0 Å². The quantitative estimate of drug-likeness (QED) is 0.890. The van der Waals surface area contributed by atoms with Crippen LogP contribution < -0.4 is 5.32 Å². The highest BCUT2D eigenvalue weighted by molar-refractivity contribution is 5.74. The average molecular weight is 250 g/mol. The van der Waals surface area contributed by atoms with Crippen LogP contribution in [0.5, 0.6) is 0 Å². The molecule has 0 saturated carbocycles. The fourth-order valence-corrected chi connectivity index (χ4v) is 2.33. The van der Waals surface area contributed by atoms with Crippen LogP contribution >= 0.6 is 0 Å². The van der Waals surface area contributed by atoms with E-state index in [1.807, 2.05) is 22.6 Å². The van der Waals surface area contributed by atoms with Gasteiger partial charge < -0.3 is 14.8 Å². The van der Waals surface area contributed by atoms with E-state index in [9.17, 15) is 4.79 Å². The van der Waals surface area contributed by atoms with Crippen molar-refractivity contribution in [3.8, 4) is 0 Å². The number of carbonyl (C=O) groups is 1. The van der Waals surface area contributed by atoms with E-state index >= 15 is 0 Å². The fourth-order valence-electron chi connectivity index (χ4n) is 2.33. The summed E-state index contributed by atoms with van der Waals surface area (Å²) in [5, 5.41) is 3.05. The average Bonchev–Trinajstić information content (AvgIpc) is 2.68. The Kier molecular flexibility index (Phi) is 4.61. The number of nitrogens with zero attached hydrogens (tertiary/aromatic N) is 3. The smallest absolute Gasteiger partial charge is 0.317 e. The topological polar surface area (TPSA) is 50.2 Å². The van der Waals surface area contributed by atoms with Gasteiger partial charge >= 0.3 is 6.03 Å². The lowest BCUT2D eigenvalue weighted by Gasteiger charge is -2.23. The van der Waals surface area contributed by atoms with E-state index in [0.29, 0.717) is 0 Å². The van der Waals surface area contributed by atoms with E-state index in [0.717, 1.165) is 32.5 Å². The summed E-state index contributed by atoms with van der Waals surface area (Å²) in [7, 11) is 0. The highest BCUT2D eigenvalue weighted by Crippen LogP contribution is 2.09. The Balaban J connectivity index is 1.78. The number of hydrogen-bond donors (Lipinski definition) is 1. The van der Waals surface area contributed by atoms with Gasteiger partial charge in [-0.05, 0) is 19.8 Å². The van der Waals surface area contributed by atoms with E-state index in [4.69, 9.17) is 0 Å².